The molecule has 0 spiro atoms. The van der Waals surface area contributed by atoms with E-state index in [0.717, 1.165) is 24.4 Å². The fraction of sp³-hybridized carbons (Fsp3) is 0.486. The van der Waals surface area contributed by atoms with E-state index in [0.29, 0.717) is 47.9 Å². The van der Waals surface area contributed by atoms with Crippen LogP contribution in [0.3, 0.4) is 0 Å². The summed E-state index contributed by atoms with van der Waals surface area (Å²) in [7, 11) is -3.78. The zero-order valence-corrected chi connectivity index (χ0v) is 31.7. The molecule has 1 aliphatic carbocycles. The third-order valence-electron chi connectivity index (χ3n) is 9.56. The molecule has 2 fully saturated rings. The van der Waals surface area contributed by atoms with Crippen LogP contribution >= 0.6 is 23.2 Å². The number of carbonyl (C=O) groups is 1. The number of benzene rings is 3. The number of halogens is 2. The highest BCUT2D eigenvalue weighted by Gasteiger charge is 2.51. The van der Waals surface area contributed by atoms with Crippen LogP contribution in [-0.2, 0) is 14.0 Å². The van der Waals surface area contributed by atoms with Crippen LogP contribution in [-0.4, -0.2) is 59.8 Å². The Bertz CT molecular complexity index is 1430. The molecule has 3 aromatic rings. The highest BCUT2D eigenvalue weighted by molar-refractivity contribution is 6.99. The van der Waals surface area contributed by atoms with Gasteiger partial charge in [0.2, 0.25) is 5.91 Å². The Kier molecular flexibility index (Phi) is 11.1. The van der Waals surface area contributed by atoms with E-state index in [1.165, 1.54) is 10.4 Å². The number of likely N-dealkylation sites (tertiary alicyclic amines) is 1. The summed E-state index contributed by atoms with van der Waals surface area (Å²) in [4.78, 5) is 15.4. The van der Waals surface area contributed by atoms with Crippen LogP contribution in [0, 0.1) is 5.92 Å². The van der Waals surface area contributed by atoms with Crippen molar-refractivity contribution in [2.24, 2.45) is 5.92 Å². The first-order chi connectivity index (χ1) is 21.8. The van der Waals surface area contributed by atoms with Gasteiger partial charge in [0.05, 0.1) is 10.0 Å². The minimum atomic E-state index is -2.59. The highest BCUT2D eigenvalue weighted by Crippen LogP contribution is 2.45. The molecule has 5 nitrogen and oxygen atoms in total. The first-order valence-corrected chi connectivity index (χ1v) is 22.9. The first kappa shape index (κ1) is 35.2. The van der Waals surface area contributed by atoms with Crippen molar-refractivity contribution in [1.82, 2.24) is 4.90 Å². The molecule has 1 atom stereocenters. The molecule has 0 N–H and O–H groups in total. The lowest BCUT2D eigenvalue weighted by Crippen LogP contribution is -2.67. The molecule has 1 saturated heterocycles. The summed E-state index contributed by atoms with van der Waals surface area (Å²) in [6.07, 6.45) is 2.27. The fourth-order valence-corrected chi connectivity index (χ4v) is 12.8. The van der Waals surface area contributed by atoms with Gasteiger partial charge in [0.15, 0.2) is 6.79 Å². The summed E-state index contributed by atoms with van der Waals surface area (Å²) in [6, 6.07) is 26.4. The fourth-order valence-electron chi connectivity index (χ4n) is 6.97. The van der Waals surface area contributed by atoms with E-state index in [1.54, 1.807) is 6.07 Å². The number of ether oxygens (including phenoxy) is 2. The van der Waals surface area contributed by atoms with Crippen LogP contribution in [0.4, 0.5) is 0 Å². The summed E-state index contributed by atoms with van der Waals surface area (Å²) in [5.41, 5.74) is 0.810. The topological polar surface area (TPSA) is 48.0 Å². The Morgan fingerprint density at radius 3 is 2.07 bits per heavy atom. The Morgan fingerprint density at radius 2 is 1.50 bits per heavy atom. The van der Waals surface area contributed by atoms with E-state index in [-0.39, 0.29) is 29.7 Å². The van der Waals surface area contributed by atoms with Crippen LogP contribution in [0.2, 0.25) is 40.8 Å². The lowest BCUT2D eigenvalue weighted by atomic mass is 9.80. The number of hydrogen-bond acceptors (Lipinski definition) is 4. The molecule has 0 unspecified atom stereocenters. The normalized spacial score (nSPS) is 20.6. The van der Waals surface area contributed by atoms with E-state index in [2.05, 4.69) is 106 Å². The Labute approximate surface area is 287 Å². The van der Waals surface area contributed by atoms with Crippen LogP contribution in [0.25, 0.3) is 0 Å². The molecule has 3 aromatic carbocycles. The summed E-state index contributed by atoms with van der Waals surface area (Å²) < 4.78 is 19.0. The quantitative estimate of drug-likeness (QED) is 0.102. The van der Waals surface area contributed by atoms with Crippen molar-refractivity contribution >= 4 is 55.9 Å². The second-order valence-corrected chi connectivity index (χ2v) is 25.9. The third-order valence-corrected chi connectivity index (χ3v) is 17.1. The summed E-state index contributed by atoms with van der Waals surface area (Å²) in [5.74, 6) is 1.13. The largest absolute Gasteiger partial charge is 0.467 e. The molecule has 1 saturated carbocycles. The predicted molar refractivity (Wildman–Crippen MR) is 195 cm³/mol. The first-order valence-electron chi connectivity index (χ1n) is 16.5. The molecule has 46 heavy (non-hydrogen) atoms. The third kappa shape index (κ3) is 7.77. The molecule has 5 rings (SSSR count). The van der Waals surface area contributed by atoms with Gasteiger partial charge in [-0.2, -0.15) is 0 Å². The molecule has 0 bridgehead atoms. The van der Waals surface area contributed by atoms with Crippen LogP contribution < -0.4 is 15.1 Å². The van der Waals surface area contributed by atoms with Gasteiger partial charge in [0.1, 0.15) is 5.75 Å². The van der Waals surface area contributed by atoms with Crippen molar-refractivity contribution < 1.29 is 18.7 Å². The van der Waals surface area contributed by atoms with Crippen LogP contribution in [0.1, 0.15) is 51.5 Å². The van der Waals surface area contributed by atoms with Gasteiger partial charge in [-0.15, -0.1) is 0 Å². The average Bonchev–Trinajstić information content (AvgIpc) is 3.35. The molecule has 2 aliphatic rings. The Balaban J connectivity index is 1.24. The van der Waals surface area contributed by atoms with Gasteiger partial charge in [0, 0.05) is 51.8 Å². The second-order valence-electron chi connectivity index (χ2n) is 15.2. The minimum Gasteiger partial charge on any atom is -0.467 e. The maximum atomic E-state index is 13.4. The van der Waals surface area contributed by atoms with E-state index in [9.17, 15) is 4.79 Å². The second kappa shape index (κ2) is 14.5. The molecular formula is C37H49Cl2NO4Si2. The molecule has 248 valence electrons. The van der Waals surface area contributed by atoms with Gasteiger partial charge in [-0.05, 0) is 52.3 Å². The number of carbonyl (C=O) groups excluding carboxylic acids is 1. The zero-order chi connectivity index (χ0) is 33.1. The van der Waals surface area contributed by atoms with Gasteiger partial charge < -0.3 is 18.8 Å². The van der Waals surface area contributed by atoms with Crippen molar-refractivity contribution in [2.45, 2.75) is 82.7 Å². The number of nitrogens with zero attached hydrogens (tertiary/aromatic N) is 1. The van der Waals surface area contributed by atoms with Gasteiger partial charge in [-0.3, -0.25) is 4.79 Å². The summed E-state index contributed by atoms with van der Waals surface area (Å²) in [6.45, 7) is 16.0. The molecule has 1 amide bonds. The minimum absolute atomic E-state index is 0.0631. The monoisotopic (exact) mass is 697 g/mol. The molecule has 1 heterocycles. The summed E-state index contributed by atoms with van der Waals surface area (Å²) in [5, 5.41) is 3.46. The zero-order valence-electron chi connectivity index (χ0n) is 28.2. The Morgan fingerprint density at radius 1 is 0.891 bits per heavy atom. The highest BCUT2D eigenvalue weighted by atomic mass is 35.5. The molecule has 0 aromatic heterocycles. The lowest BCUT2D eigenvalue weighted by Gasteiger charge is -2.46. The van der Waals surface area contributed by atoms with Crippen molar-refractivity contribution in [2.75, 3.05) is 26.6 Å². The molecule has 1 aliphatic heterocycles. The van der Waals surface area contributed by atoms with E-state index < -0.39 is 16.4 Å². The standard InChI is InChI=1S/C37H49Cl2NO4Si2/c1-37(2,3)46(30-13-9-7-10-14-30,31-15-11-8-12-16-31)44-25-27-21-29(22-27)40-24-28(23-34(40)41)35-33(18-17-32(38)36(35)39)43-26-42-19-20-45(4,5)6/h7-18,27-29H,19-26H2,1-6H3/t27?,28-,29?/m0/s1. The van der Waals surface area contributed by atoms with E-state index in [4.69, 9.17) is 37.1 Å². The van der Waals surface area contributed by atoms with Crippen LogP contribution in [0.15, 0.2) is 72.8 Å². The summed E-state index contributed by atoms with van der Waals surface area (Å²) >= 11 is 13.2. The number of amides is 1. The van der Waals surface area contributed by atoms with Gasteiger partial charge >= 0.3 is 0 Å². The van der Waals surface area contributed by atoms with Crippen molar-refractivity contribution in [3.63, 3.8) is 0 Å². The molecule has 9 heteroatoms. The molecule has 0 radical (unpaired) electrons. The average molecular weight is 699 g/mol. The number of hydrogen-bond donors (Lipinski definition) is 0. The smallest absolute Gasteiger partial charge is 0.261 e. The Hall–Kier alpha value is -2.14. The predicted octanol–water partition coefficient (Wildman–Crippen LogP) is 8.36. The number of rotatable bonds is 13. The van der Waals surface area contributed by atoms with Crippen molar-refractivity contribution in [3.8, 4) is 5.75 Å². The van der Waals surface area contributed by atoms with Crippen LogP contribution in [0.5, 0.6) is 5.75 Å². The van der Waals surface area contributed by atoms with Gasteiger partial charge in [-0.25, -0.2) is 0 Å². The molecular weight excluding hydrogens is 649 g/mol. The van der Waals surface area contributed by atoms with Gasteiger partial charge in [0.25, 0.3) is 8.32 Å². The SMILES string of the molecule is CC(C)(C)[Si](OCC1CC(N2C[C@@H](c3c(OCOCC[Si](C)(C)C)ccc(Cl)c3Cl)CC2=O)C1)(c1ccccc1)c1ccccc1. The lowest BCUT2D eigenvalue weighted by molar-refractivity contribution is -0.132. The van der Waals surface area contributed by atoms with Gasteiger partial charge in [-0.1, -0.05) is 124 Å². The van der Waals surface area contributed by atoms with Crippen molar-refractivity contribution in [3.05, 3.63) is 88.4 Å². The van der Waals surface area contributed by atoms with E-state index >= 15 is 0 Å². The van der Waals surface area contributed by atoms with E-state index in [1.807, 2.05) is 6.07 Å². The van der Waals surface area contributed by atoms with Crippen molar-refractivity contribution in [1.29, 1.82) is 0 Å². The maximum Gasteiger partial charge on any atom is 0.261 e. The maximum absolute atomic E-state index is 13.4.